The normalized spacial score (nSPS) is 15.9. The molecule has 0 N–H and O–H groups in total. The lowest BCUT2D eigenvalue weighted by molar-refractivity contribution is 0.107. The van der Waals surface area contributed by atoms with Gasteiger partial charge in [0.25, 0.3) is 15.0 Å². The highest BCUT2D eigenvalue weighted by molar-refractivity contribution is 8.41. The molecule has 1 aromatic rings. The van der Waals surface area contributed by atoms with Crippen LogP contribution in [-0.2, 0) is 9.84 Å². The number of hydrogen-bond donors (Lipinski definition) is 0. The third-order valence-electron chi connectivity index (χ3n) is 2.04. The fourth-order valence-corrected chi connectivity index (χ4v) is 3.79. The second-order valence-corrected chi connectivity index (χ2v) is 6.26. The van der Waals surface area contributed by atoms with E-state index in [4.69, 9.17) is 0 Å². The number of hydrogen-bond acceptors (Lipinski definition) is 5. The van der Waals surface area contributed by atoms with Crippen LogP contribution in [0.3, 0.4) is 0 Å². The maximum absolute atomic E-state index is 11.8. The summed E-state index contributed by atoms with van der Waals surface area (Å²) in [6.07, 6.45) is 0. The van der Waals surface area contributed by atoms with Gasteiger partial charge in [0.2, 0.25) is 0 Å². The summed E-state index contributed by atoms with van der Waals surface area (Å²) < 4.78 is 23.6. The van der Waals surface area contributed by atoms with Crippen LogP contribution in [0.4, 0.5) is 0 Å². The molecule has 1 aliphatic rings. The Morgan fingerprint density at radius 2 is 1.94 bits per heavy atom. The molecule has 84 valence electrons. The number of carbonyl (C=O) groups excluding carboxylic acids is 1. The Balaban J connectivity index is 2.36. The van der Waals surface area contributed by atoms with E-state index in [0.717, 1.165) is 11.8 Å². The lowest BCUT2D eigenvalue weighted by atomic mass is 10.2. The minimum Gasteiger partial charge on any atom is -0.276 e. The van der Waals surface area contributed by atoms with Gasteiger partial charge >= 0.3 is 0 Å². The summed E-state index contributed by atoms with van der Waals surface area (Å²) in [7, 11) is -3.92. The minimum absolute atomic E-state index is 0.0543. The van der Waals surface area contributed by atoms with Crippen molar-refractivity contribution in [2.45, 2.75) is 0 Å². The molecule has 0 saturated carbocycles. The zero-order valence-corrected chi connectivity index (χ0v) is 9.92. The van der Waals surface area contributed by atoms with Crippen molar-refractivity contribution in [2.24, 2.45) is 4.99 Å². The van der Waals surface area contributed by atoms with Gasteiger partial charge in [0, 0.05) is 11.3 Å². The lowest BCUT2D eigenvalue weighted by Gasteiger charge is -2.01. The van der Waals surface area contributed by atoms with Crippen LogP contribution in [0.1, 0.15) is 10.4 Å². The average molecular weight is 255 g/mol. The first kappa shape index (κ1) is 11.3. The first-order valence-electron chi connectivity index (χ1n) is 4.64. The fourth-order valence-electron chi connectivity index (χ4n) is 1.29. The molecular formula is C10H9NO3S2. The number of rotatable bonds is 1. The van der Waals surface area contributed by atoms with Gasteiger partial charge in [-0.1, -0.05) is 42.1 Å². The van der Waals surface area contributed by atoms with E-state index in [1.165, 1.54) is 12.1 Å². The monoisotopic (exact) mass is 255 g/mol. The van der Waals surface area contributed by atoms with Crippen molar-refractivity contribution in [3.8, 4) is 0 Å². The average Bonchev–Trinajstić information content (AvgIpc) is 2.83. The highest BCUT2D eigenvalue weighted by Gasteiger charge is 2.32. The minimum atomic E-state index is -3.92. The van der Waals surface area contributed by atoms with E-state index in [1.54, 1.807) is 18.2 Å². The van der Waals surface area contributed by atoms with Gasteiger partial charge in [-0.25, -0.2) is 8.42 Å². The predicted molar refractivity (Wildman–Crippen MR) is 64.5 cm³/mol. The SMILES string of the molecule is O=C(c1ccccc1)S(=O)(=O)C1=NCCS1. The third-order valence-corrected chi connectivity index (χ3v) is 5.13. The van der Waals surface area contributed by atoms with Crippen LogP contribution < -0.4 is 0 Å². The van der Waals surface area contributed by atoms with Crippen LogP contribution in [0.25, 0.3) is 0 Å². The zero-order chi connectivity index (χ0) is 11.6. The van der Waals surface area contributed by atoms with Crippen molar-refractivity contribution in [2.75, 3.05) is 12.3 Å². The van der Waals surface area contributed by atoms with Crippen molar-refractivity contribution < 1.29 is 13.2 Å². The van der Waals surface area contributed by atoms with Crippen molar-refractivity contribution >= 4 is 31.1 Å². The Hall–Kier alpha value is -1.14. The summed E-state index contributed by atoms with van der Waals surface area (Å²) in [5, 5.41) is -0.874. The van der Waals surface area contributed by atoms with E-state index >= 15 is 0 Å². The van der Waals surface area contributed by atoms with E-state index in [-0.39, 0.29) is 9.94 Å². The first-order chi connectivity index (χ1) is 7.62. The highest BCUT2D eigenvalue weighted by Crippen LogP contribution is 2.20. The Kier molecular flexibility index (Phi) is 3.11. The molecular weight excluding hydrogens is 246 g/mol. The maximum Gasteiger partial charge on any atom is 0.283 e. The molecule has 4 nitrogen and oxygen atoms in total. The van der Waals surface area contributed by atoms with Gasteiger partial charge in [-0.2, -0.15) is 0 Å². The van der Waals surface area contributed by atoms with Crippen LogP contribution in [0.15, 0.2) is 35.3 Å². The van der Waals surface area contributed by atoms with Gasteiger partial charge in [0.15, 0.2) is 4.38 Å². The Morgan fingerprint density at radius 3 is 2.50 bits per heavy atom. The molecule has 6 heteroatoms. The van der Waals surface area contributed by atoms with E-state index in [2.05, 4.69) is 4.99 Å². The topological polar surface area (TPSA) is 63.6 Å². The molecule has 0 saturated heterocycles. The van der Waals surface area contributed by atoms with Crippen molar-refractivity contribution in [3.63, 3.8) is 0 Å². The summed E-state index contributed by atoms with van der Waals surface area (Å²) >= 11 is 1.11. The van der Waals surface area contributed by atoms with Crippen LogP contribution in [0.2, 0.25) is 0 Å². The molecule has 0 bridgehead atoms. The van der Waals surface area contributed by atoms with Gasteiger partial charge in [-0.3, -0.25) is 9.79 Å². The Morgan fingerprint density at radius 1 is 1.25 bits per heavy atom. The summed E-state index contributed by atoms with van der Waals surface area (Å²) in [5.41, 5.74) is 0.178. The van der Waals surface area contributed by atoms with Gasteiger partial charge in [0.1, 0.15) is 0 Å². The van der Waals surface area contributed by atoms with Crippen molar-refractivity contribution in [1.29, 1.82) is 0 Å². The standard InChI is InChI=1S/C10H9NO3S2/c12-9(8-4-2-1-3-5-8)16(13,14)10-11-6-7-15-10/h1-5H,6-7H2. The van der Waals surface area contributed by atoms with Crippen LogP contribution in [0.5, 0.6) is 0 Å². The summed E-state index contributed by atoms with van der Waals surface area (Å²) in [5.74, 6) is 0.622. The number of nitrogens with zero attached hydrogens (tertiary/aromatic N) is 1. The molecule has 16 heavy (non-hydrogen) atoms. The van der Waals surface area contributed by atoms with Crippen LogP contribution in [0, 0.1) is 0 Å². The number of aliphatic imine (C=N–C) groups is 1. The quantitative estimate of drug-likeness (QED) is 0.759. The predicted octanol–water partition coefficient (Wildman–Crippen LogP) is 1.34. The number of benzene rings is 1. The van der Waals surface area contributed by atoms with Crippen molar-refractivity contribution in [3.05, 3.63) is 35.9 Å². The summed E-state index contributed by atoms with van der Waals surface area (Å²) in [6, 6.07) is 7.96. The van der Waals surface area contributed by atoms with E-state index < -0.39 is 15.0 Å². The molecule has 0 spiro atoms. The fraction of sp³-hybridized carbons (Fsp3) is 0.200. The molecule has 1 heterocycles. The number of carbonyl (C=O) groups is 1. The molecule has 0 unspecified atom stereocenters. The van der Waals surface area contributed by atoms with Crippen LogP contribution >= 0.6 is 11.8 Å². The lowest BCUT2D eigenvalue weighted by Crippen LogP contribution is -2.21. The summed E-state index contributed by atoms with van der Waals surface area (Å²) in [6.45, 7) is 0.460. The van der Waals surface area contributed by atoms with Gasteiger partial charge < -0.3 is 0 Å². The Labute approximate surface area is 97.7 Å². The number of sulfone groups is 1. The molecule has 0 aliphatic carbocycles. The molecule has 1 aromatic carbocycles. The number of thioether (sulfide) groups is 1. The van der Waals surface area contributed by atoms with E-state index in [9.17, 15) is 13.2 Å². The van der Waals surface area contributed by atoms with Gasteiger partial charge in [0.05, 0.1) is 6.54 Å². The molecule has 0 radical (unpaired) electrons. The van der Waals surface area contributed by atoms with Gasteiger partial charge in [-0.15, -0.1) is 0 Å². The molecule has 2 rings (SSSR count). The van der Waals surface area contributed by atoms with E-state index in [1.807, 2.05) is 0 Å². The second kappa shape index (κ2) is 4.39. The third kappa shape index (κ3) is 2.03. The second-order valence-electron chi connectivity index (χ2n) is 3.15. The molecule has 0 amide bonds. The smallest absolute Gasteiger partial charge is 0.276 e. The van der Waals surface area contributed by atoms with Crippen molar-refractivity contribution in [1.82, 2.24) is 0 Å². The highest BCUT2D eigenvalue weighted by atomic mass is 32.3. The first-order valence-corrected chi connectivity index (χ1v) is 7.11. The van der Waals surface area contributed by atoms with Gasteiger partial charge in [-0.05, 0) is 0 Å². The van der Waals surface area contributed by atoms with Crippen LogP contribution in [-0.4, -0.2) is 30.2 Å². The van der Waals surface area contributed by atoms with E-state index in [0.29, 0.717) is 12.3 Å². The maximum atomic E-state index is 11.8. The molecule has 1 aliphatic heterocycles. The molecule has 0 aromatic heterocycles. The molecule has 0 fully saturated rings. The Bertz CT molecular complexity index is 534. The largest absolute Gasteiger partial charge is 0.283 e. The summed E-state index contributed by atoms with van der Waals surface area (Å²) in [4.78, 5) is 15.6. The zero-order valence-electron chi connectivity index (χ0n) is 8.29. The molecule has 0 atom stereocenters.